The first kappa shape index (κ1) is 12.9. The van der Waals surface area contributed by atoms with E-state index in [9.17, 15) is 4.79 Å². The predicted octanol–water partition coefficient (Wildman–Crippen LogP) is 2.93. The molecule has 0 atom stereocenters. The van der Waals surface area contributed by atoms with Gasteiger partial charge in [-0.1, -0.05) is 35.9 Å². The van der Waals surface area contributed by atoms with Gasteiger partial charge in [0.1, 0.15) is 5.82 Å². The Bertz CT molecular complexity index is 455. The summed E-state index contributed by atoms with van der Waals surface area (Å²) < 4.78 is 0. The summed E-state index contributed by atoms with van der Waals surface area (Å²) in [5.74, 6) is 0.623. The van der Waals surface area contributed by atoms with Crippen LogP contribution in [0.25, 0.3) is 0 Å². The van der Waals surface area contributed by atoms with Crippen molar-refractivity contribution in [2.45, 2.75) is 6.92 Å². The van der Waals surface area contributed by atoms with E-state index in [2.05, 4.69) is 29.4 Å². The van der Waals surface area contributed by atoms with Crippen LogP contribution in [0.1, 0.15) is 15.9 Å². The fourth-order valence-electron chi connectivity index (χ4n) is 1.26. The lowest BCUT2D eigenvalue weighted by Crippen LogP contribution is -1.96. The zero-order valence-corrected chi connectivity index (χ0v) is 10.1. The number of hydrogen-bond donors (Lipinski definition) is 1. The van der Waals surface area contributed by atoms with Crippen molar-refractivity contribution in [3.8, 4) is 0 Å². The van der Waals surface area contributed by atoms with Crippen LogP contribution in [0.15, 0.2) is 48.7 Å². The molecule has 3 heteroatoms. The van der Waals surface area contributed by atoms with E-state index in [-0.39, 0.29) is 0 Å². The molecule has 0 saturated carbocycles. The average Bonchev–Trinajstić information content (AvgIpc) is 2.40. The van der Waals surface area contributed by atoms with E-state index < -0.39 is 0 Å². The third kappa shape index (κ3) is 4.47. The molecule has 17 heavy (non-hydrogen) atoms. The van der Waals surface area contributed by atoms with Crippen LogP contribution in [0.3, 0.4) is 0 Å². The average molecular weight is 228 g/mol. The maximum atomic E-state index is 10.3. The number of carbonyl (C=O) groups excluding carboxylic acids is 1. The van der Waals surface area contributed by atoms with E-state index in [0.29, 0.717) is 11.4 Å². The highest BCUT2D eigenvalue weighted by Gasteiger charge is 1.96. The Labute approximate surface area is 102 Å². The minimum atomic E-state index is 0.588. The molecule has 0 unspecified atom stereocenters. The second kappa shape index (κ2) is 7.17. The standard InChI is InChI=1S/C7H8N2O.C7H8/c1-8-7-6(5-10)3-2-4-9-7;1-7-5-3-2-4-6-7/h2-5H,1H3,(H,8,9);2-6H,1H3. The minimum Gasteiger partial charge on any atom is -0.373 e. The molecule has 1 heterocycles. The summed E-state index contributed by atoms with van der Waals surface area (Å²) in [6.07, 6.45) is 2.41. The molecule has 3 nitrogen and oxygen atoms in total. The van der Waals surface area contributed by atoms with Gasteiger partial charge in [-0.3, -0.25) is 4.79 Å². The smallest absolute Gasteiger partial charge is 0.153 e. The van der Waals surface area contributed by atoms with E-state index in [0.717, 1.165) is 6.29 Å². The van der Waals surface area contributed by atoms with E-state index >= 15 is 0 Å². The monoisotopic (exact) mass is 228 g/mol. The van der Waals surface area contributed by atoms with Crippen molar-refractivity contribution >= 4 is 12.1 Å². The Balaban J connectivity index is 0.000000181. The number of pyridine rings is 1. The maximum absolute atomic E-state index is 10.3. The minimum absolute atomic E-state index is 0.588. The Hall–Kier alpha value is -2.16. The summed E-state index contributed by atoms with van der Waals surface area (Å²) in [4.78, 5) is 14.2. The van der Waals surface area contributed by atoms with Crippen LogP contribution in [0.5, 0.6) is 0 Å². The van der Waals surface area contributed by atoms with Gasteiger partial charge < -0.3 is 5.32 Å². The highest BCUT2D eigenvalue weighted by atomic mass is 16.1. The summed E-state index contributed by atoms with van der Waals surface area (Å²) in [6, 6.07) is 13.7. The molecule has 1 aromatic carbocycles. The summed E-state index contributed by atoms with van der Waals surface area (Å²) in [5.41, 5.74) is 1.91. The third-order valence-electron chi connectivity index (χ3n) is 2.14. The van der Waals surface area contributed by atoms with Crippen LogP contribution in [0.4, 0.5) is 5.82 Å². The van der Waals surface area contributed by atoms with Gasteiger partial charge in [0.25, 0.3) is 0 Å². The molecule has 1 N–H and O–H groups in total. The number of carbonyl (C=O) groups is 1. The van der Waals surface area contributed by atoms with Gasteiger partial charge in [-0.25, -0.2) is 4.98 Å². The van der Waals surface area contributed by atoms with Gasteiger partial charge in [-0.05, 0) is 19.1 Å². The molecule has 1 aromatic heterocycles. The topological polar surface area (TPSA) is 42.0 Å². The molecule has 2 rings (SSSR count). The second-order valence-electron chi connectivity index (χ2n) is 3.46. The number of anilines is 1. The number of hydrogen-bond acceptors (Lipinski definition) is 3. The molecular formula is C14H16N2O. The van der Waals surface area contributed by atoms with Crippen LogP contribution >= 0.6 is 0 Å². The van der Waals surface area contributed by atoms with Crippen molar-refractivity contribution in [2.24, 2.45) is 0 Å². The summed E-state index contributed by atoms with van der Waals surface area (Å²) in [7, 11) is 1.73. The number of rotatable bonds is 2. The zero-order valence-electron chi connectivity index (χ0n) is 10.1. The predicted molar refractivity (Wildman–Crippen MR) is 70.4 cm³/mol. The fraction of sp³-hybridized carbons (Fsp3) is 0.143. The van der Waals surface area contributed by atoms with Gasteiger partial charge in [-0.2, -0.15) is 0 Å². The molecule has 0 aliphatic rings. The third-order valence-corrected chi connectivity index (χ3v) is 2.14. The molecule has 0 fully saturated rings. The van der Waals surface area contributed by atoms with E-state index in [1.807, 2.05) is 18.2 Å². The molecule has 0 radical (unpaired) electrons. The SMILES string of the molecule is CNc1ncccc1C=O.Cc1ccccc1. The fourth-order valence-corrected chi connectivity index (χ4v) is 1.26. The van der Waals surface area contributed by atoms with E-state index in [1.165, 1.54) is 5.56 Å². The van der Waals surface area contributed by atoms with Gasteiger partial charge in [-0.15, -0.1) is 0 Å². The summed E-state index contributed by atoms with van der Waals surface area (Å²) in [5, 5.41) is 2.80. The van der Waals surface area contributed by atoms with Crippen LogP contribution in [-0.2, 0) is 0 Å². The number of benzene rings is 1. The highest BCUT2D eigenvalue weighted by Crippen LogP contribution is 2.05. The summed E-state index contributed by atoms with van der Waals surface area (Å²) in [6.45, 7) is 2.08. The van der Waals surface area contributed by atoms with Crippen molar-refractivity contribution in [2.75, 3.05) is 12.4 Å². The molecule has 2 aromatic rings. The molecular weight excluding hydrogens is 212 g/mol. The Kier molecular flexibility index (Phi) is 5.44. The van der Waals surface area contributed by atoms with Gasteiger partial charge in [0.05, 0.1) is 5.56 Å². The van der Waals surface area contributed by atoms with E-state index in [4.69, 9.17) is 0 Å². The van der Waals surface area contributed by atoms with Crippen LogP contribution < -0.4 is 5.32 Å². The van der Waals surface area contributed by atoms with Crippen molar-refractivity contribution < 1.29 is 4.79 Å². The van der Waals surface area contributed by atoms with Crippen LogP contribution in [-0.4, -0.2) is 18.3 Å². The summed E-state index contributed by atoms with van der Waals surface area (Å²) >= 11 is 0. The van der Waals surface area contributed by atoms with Crippen LogP contribution in [0.2, 0.25) is 0 Å². The number of nitrogens with one attached hydrogen (secondary N) is 1. The normalized spacial score (nSPS) is 8.82. The maximum Gasteiger partial charge on any atom is 0.153 e. The number of aromatic nitrogens is 1. The first-order valence-electron chi connectivity index (χ1n) is 5.37. The molecule has 0 aliphatic heterocycles. The largest absolute Gasteiger partial charge is 0.373 e. The first-order chi connectivity index (χ1) is 8.27. The van der Waals surface area contributed by atoms with Crippen molar-refractivity contribution in [3.05, 3.63) is 59.8 Å². The van der Waals surface area contributed by atoms with Gasteiger partial charge >= 0.3 is 0 Å². The Morgan fingerprint density at radius 2 is 1.82 bits per heavy atom. The number of aldehydes is 1. The molecule has 0 spiro atoms. The van der Waals surface area contributed by atoms with Gasteiger partial charge in [0.15, 0.2) is 6.29 Å². The second-order valence-corrected chi connectivity index (χ2v) is 3.46. The van der Waals surface area contributed by atoms with Crippen molar-refractivity contribution in [1.82, 2.24) is 4.98 Å². The van der Waals surface area contributed by atoms with Crippen molar-refractivity contribution in [1.29, 1.82) is 0 Å². The molecule has 0 aliphatic carbocycles. The molecule has 0 amide bonds. The number of aryl methyl sites for hydroxylation is 1. The van der Waals surface area contributed by atoms with Crippen LogP contribution in [0, 0.1) is 6.92 Å². The quantitative estimate of drug-likeness (QED) is 0.803. The number of nitrogens with zero attached hydrogens (tertiary/aromatic N) is 1. The highest BCUT2D eigenvalue weighted by molar-refractivity contribution is 5.82. The lowest BCUT2D eigenvalue weighted by Gasteiger charge is -1.98. The lowest BCUT2D eigenvalue weighted by molar-refractivity contribution is 0.112. The zero-order chi connectivity index (χ0) is 12.5. The van der Waals surface area contributed by atoms with E-state index in [1.54, 1.807) is 25.4 Å². The van der Waals surface area contributed by atoms with Gasteiger partial charge in [0, 0.05) is 13.2 Å². The first-order valence-corrected chi connectivity index (χ1v) is 5.37. The molecule has 0 bridgehead atoms. The molecule has 0 saturated heterocycles. The Morgan fingerprint density at radius 3 is 2.24 bits per heavy atom. The van der Waals surface area contributed by atoms with Gasteiger partial charge in [0.2, 0.25) is 0 Å². The van der Waals surface area contributed by atoms with Crippen molar-refractivity contribution in [3.63, 3.8) is 0 Å². The Morgan fingerprint density at radius 1 is 1.12 bits per heavy atom. The lowest BCUT2D eigenvalue weighted by atomic mass is 10.2. The molecule has 88 valence electrons.